The van der Waals surface area contributed by atoms with Crippen LogP contribution in [0.5, 0.6) is 5.75 Å². The van der Waals surface area contributed by atoms with Crippen molar-refractivity contribution in [1.82, 2.24) is 5.32 Å². The fourth-order valence-corrected chi connectivity index (χ4v) is 3.29. The highest BCUT2D eigenvalue weighted by Gasteiger charge is 2.22. The van der Waals surface area contributed by atoms with Gasteiger partial charge in [-0.05, 0) is 48.1 Å². The van der Waals surface area contributed by atoms with Gasteiger partial charge in [-0.3, -0.25) is 4.79 Å². The third kappa shape index (κ3) is 5.01. The molecule has 26 heavy (non-hydrogen) atoms. The number of nitrogens with zero attached hydrogens (tertiary/aromatic N) is 1. The summed E-state index contributed by atoms with van der Waals surface area (Å²) in [5.74, 6) is 1.63. The second-order valence-electron chi connectivity index (χ2n) is 7.26. The Bertz CT molecular complexity index is 715. The number of para-hydroxylation sites is 1. The molecule has 0 saturated carbocycles. The molecule has 1 heterocycles. The SMILES string of the molecule is CC(C)c1cccc(OCC(=O)NCC2CCN(c3ccccc3)C2)c1. The van der Waals surface area contributed by atoms with Crippen LogP contribution in [0.4, 0.5) is 5.69 Å². The fraction of sp³-hybridized carbons (Fsp3) is 0.409. The molecule has 1 amide bonds. The van der Waals surface area contributed by atoms with E-state index in [4.69, 9.17) is 4.74 Å². The smallest absolute Gasteiger partial charge is 0.257 e. The molecular formula is C22H28N2O2. The van der Waals surface area contributed by atoms with E-state index in [1.807, 2.05) is 24.3 Å². The van der Waals surface area contributed by atoms with Gasteiger partial charge in [-0.1, -0.05) is 44.2 Å². The molecule has 1 saturated heterocycles. The molecule has 2 aromatic carbocycles. The number of ether oxygens (including phenoxy) is 1. The summed E-state index contributed by atoms with van der Waals surface area (Å²) < 4.78 is 5.64. The van der Waals surface area contributed by atoms with Crippen LogP contribution in [0.2, 0.25) is 0 Å². The molecule has 1 N–H and O–H groups in total. The van der Waals surface area contributed by atoms with Crippen molar-refractivity contribution in [3.63, 3.8) is 0 Å². The molecule has 1 aliphatic heterocycles. The maximum atomic E-state index is 12.1. The first-order valence-electron chi connectivity index (χ1n) is 9.41. The zero-order valence-electron chi connectivity index (χ0n) is 15.7. The van der Waals surface area contributed by atoms with E-state index >= 15 is 0 Å². The Morgan fingerprint density at radius 3 is 2.77 bits per heavy atom. The summed E-state index contributed by atoms with van der Waals surface area (Å²) in [7, 11) is 0. The van der Waals surface area contributed by atoms with E-state index in [1.165, 1.54) is 11.3 Å². The third-order valence-corrected chi connectivity index (χ3v) is 4.89. The Balaban J connectivity index is 1.40. The lowest BCUT2D eigenvalue weighted by Gasteiger charge is -2.18. The zero-order chi connectivity index (χ0) is 18.4. The summed E-state index contributed by atoms with van der Waals surface area (Å²) in [6, 6.07) is 18.4. The second-order valence-corrected chi connectivity index (χ2v) is 7.26. The summed E-state index contributed by atoms with van der Waals surface area (Å²) in [4.78, 5) is 14.5. The van der Waals surface area contributed by atoms with Gasteiger partial charge in [-0.25, -0.2) is 0 Å². The summed E-state index contributed by atoms with van der Waals surface area (Å²) in [6.45, 7) is 7.09. The van der Waals surface area contributed by atoms with Crippen molar-refractivity contribution in [3.8, 4) is 5.75 Å². The molecule has 3 rings (SSSR count). The largest absolute Gasteiger partial charge is 0.484 e. The summed E-state index contributed by atoms with van der Waals surface area (Å²) in [6.07, 6.45) is 1.10. The molecule has 0 bridgehead atoms. The lowest BCUT2D eigenvalue weighted by Crippen LogP contribution is -2.34. The lowest BCUT2D eigenvalue weighted by atomic mass is 10.0. The minimum atomic E-state index is -0.0573. The van der Waals surface area contributed by atoms with Crippen LogP contribution in [0.15, 0.2) is 54.6 Å². The van der Waals surface area contributed by atoms with Gasteiger partial charge in [0.25, 0.3) is 5.91 Å². The lowest BCUT2D eigenvalue weighted by molar-refractivity contribution is -0.123. The van der Waals surface area contributed by atoms with Crippen molar-refractivity contribution in [2.24, 2.45) is 5.92 Å². The maximum Gasteiger partial charge on any atom is 0.257 e. The summed E-state index contributed by atoms with van der Waals surface area (Å²) in [5, 5.41) is 3.01. The number of carbonyl (C=O) groups excluding carboxylic acids is 1. The number of amides is 1. The van der Waals surface area contributed by atoms with Gasteiger partial charge >= 0.3 is 0 Å². The molecule has 0 spiro atoms. The van der Waals surface area contributed by atoms with Gasteiger partial charge in [0, 0.05) is 25.3 Å². The normalized spacial score (nSPS) is 16.7. The Morgan fingerprint density at radius 1 is 1.19 bits per heavy atom. The van der Waals surface area contributed by atoms with Crippen LogP contribution in [0.3, 0.4) is 0 Å². The Hall–Kier alpha value is -2.49. The monoisotopic (exact) mass is 352 g/mol. The van der Waals surface area contributed by atoms with Crippen molar-refractivity contribution in [2.45, 2.75) is 26.2 Å². The number of hydrogen-bond acceptors (Lipinski definition) is 3. The first kappa shape index (κ1) is 18.3. The van der Waals surface area contributed by atoms with Crippen LogP contribution in [0.25, 0.3) is 0 Å². The van der Waals surface area contributed by atoms with Crippen LogP contribution >= 0.6 is 0 Å². The quantitative estimate of drug-likeness (QED) is 0.823. The van der Waals surface area contributed by atoms with Gasteiger partial charge in [0.1, 0.15) is 5.75 Å². The Morgan fingerprint density at radius 2 is 2.00 bits per heavy atom. The fourth-order valence-electron chi connectivity index (χ4n) is 3.29. The standard InChI is InChI=1S/C22H28N2O2/c1-17(2)19-7-6-10-21(13-19)26-16-22(25)23-14-18-11-12-24(15-18)20-8-4-3-5-9-20/h3-10,13,17-18H,11-12,14-16H2,1-2H3,(H,23,25). The van der Waals surface area contributed by atoms with Gasteiger partial charge in [0.05, 0.1) is 0 Å². The second kappa shape index (κ2) is 8.75. The summed E-state index contributed by atoms with van der Waals surface area (Å²) >= 11 is 0. The zero-order valence-corrected chi connectivity index (χ0v) is 15.7. The number of benzene rings is 2. The van der Waals surface area contributed by atoms with Gasteiger partial charge in [-0.15, -0.1) is 0 Å². The molecule has 1 unspecified atom stereocenters. The molecule has 2 aromatic rings. The van der Waals surface area contributed by atoms with Crippen LogP contribution in [0.1, 0.15) is 31.7 Å². The van der Waals surface area contributed by atoms with Crippen molar-refractivity contribution in [1.29, 1.82) is 0 Å². The minimum Gasteiger partial charge on any atom is -0.484 e. The van der Waals surface area contributed by atoms with Crippen LogP contribution in [-0.2, 0) is 4.79 Å². The van der Waals surface area contributed by atoms with Crippen LogP contribution in [-0.4, -0.2) is 32.1 Å². The highest BCUT2D eigenvalue weighted by Crippen LogP contribution is 2.23. The molecular weight excluding hydrogens is 324 g/mol. The minimum absolute atomic E-state index is 0.0573. The molecule has 1 atom stereocenters. The number of anilines is 1. The van der Waals surface area contributed by atoms with Gasteiger partial charge < -0.3 is 15.0 Å². The highest BCUT2D eigenvalue weighted by atomic mass is 16.5. The third-order valence-electron chi connectivity index (χ3n) is 4.89. The van der Waals surface area contributed by atoms with Crippen molar-refractivity contribution in [3.05, 3.63) is 60.2 Å². The van der Waals surface area contributed by atoms with Crippen LogP contribution < -0.4 is 15.0 Å². The first-order valence-corrected chi connectivity index (χ1v) is 9.41. The van der Waals surface area contributed by atoms with Crippen molar-refractivity contribution >= 4 is 11.6 Å². The molecule has 1 fully saturated rings. The Kier molecular flexibility index (Phi) is 6.16. The molecule has 1 aliphatic rings. The van der Waals surface area contributed by atoms with Crippen molar-refractivity contribution in [2.75, 3.05) is 31.1 Å². The Labute approximate surface area is 156 Å². The van der Waals surface area contributed by atoms with E-state index < -0.39 is 0 Å². The van der Waals surface area contributed by atoms with E-state index in [0.29, 0.717) is 18.4 Å². The predicted octanol–water partition coefficient (Wildman–Crippen LogP) is 3.83. The van der Waals surface area contributed by atoms with E-state index in [9.17, 15) is 4.79 Å². The first-order chi connectivity index (χ1) is 12.6. The molecule has 0 aliphatic carbocycles. The van der Waals surface area contributed by atoms with Gasteiger partial charge in [0.2, 0.25) is 0 Å². The average Bonchev–Trinajstić information content (AvgIpc) is 3.15. The van der Waals surface area contributed by atoms with Gasteiger partial charge in [-0.2, -0.15) is 0 Å². The number of hydrogen-bond donors (Lipinski definition) is 1. The number of carbonyl (C=O) groups is 1. The summed E-state index contributed by atoms with van der Waals surface area (Å²) in [5.41, 5.74) is 2.48. The molecule has 4 heteroatoms. The van der Waals surface area contributed by atoms with Crippen LogP contribution in [0, 0.1) is 5.92 Å². The topological polar surface area (TPSA) is 41.6 Å². The van der Waals surface area contributed by atoms with Crippen molar-refractivity contribution < 1.29 is 9.53 Å². The number of rotatable bonds is 7. The number of nitrogens with one attached hydrogen (secondary N) is 1. The molecule has 0 radical (unpaired) electrons. The van der Waals surface area contributed by atoms with Gasteiger partial charge in [0.15, 0.2) is 6.61 Å². The maximum absolute atomic E-state index is 12.1. The highest BCUT2D eigenvalue weighted by molar-refractivity contribution is 5.77. The molecule has 4 nitrogen and oxygen atoms in total. The average molecular weight is 352 g/mol. The van der Waals surface area contributed by atoms with E-state index in [-0.39, 0.29) is 12.5 Å². The molecule has 0 aromatic heterocycles. The predicted molar refractivity (Wildman–Crippen MR) is 106 cm³/mol. The van der Waals surface area contributed by atoms with E-state index in [2.05, 4.69) is 54.4 Å². The molecule has 138 valence electrons. The van der Waals surface area contributed by atoms with E-state index in [1.54, 1.807) is 0 Å². The van der Waals surface area contributed by atoms with E-state index in [0.717, 1.165) is 25.3 Å².